The molecule has 2 rings (SSSR count). The summed E-state index contributed by atoms with van der Waals surface area (Å²) in [7, 11) is 0. The minimum Gasteiger partial charge on any atom is -0.282 e. The number of likely N-dealkylation sites (tertiary alicyclic amines) is 1. The second-order valence-corrected chi connectivity index (χ2v) is 4.87. The first-order valence-corrected chi connectivity index (χ1v) is 6.18. The third-order valence-electron chi connectivity index (χ3n) is 3.69. The lowest BCUT2D eigenvalue weighted by atomic mass is 9.78. The van der Waals surface area contributed by atoms with Crippen molar-refractivity contribution in [1.82, 2.24) is 4.90 Å². The van der Waals surface area contributed by atoms with Gasteiger partial charge in [-0.05, 0) is 18.8 Å². The maximum atomic E-state index is 12.1. The van der Waals surface area contributed by atoms with E-state index in [0.29, 0.717) is 12.5 Å². The number of unbranched alkanes of at least 4 members (excludes halogenated alkanes) is 1. The van der Waals surface area contributed by atoms with Gasteiger partial charge in [0.1, 0.15) is 0 Å². The normalized spacial score (nSPS) is 33.4. The lowest BCUT2D eigenvalue weighted by Crippen LogP contribution is -2.32. The van der Waals surface area contributed by atoms with Crippen LogP contribution in [0.3, 0.4) is 0 Å². The topological polar surface area (TPSA) is 37.4 Å². The van der Waals surface area contributed by atoms with E-state index in [2.05, 4.69) is 13.8 Å². The lowest BCUT2D eigenvalue weighted by molar-refractivity contribution is -0.140. The Kier molecular flexibility index (Phi) is 3.13. The van der Waals surface area contributed by atoms with Crippen molar-refractivity contribution in [3.8, 4) is 0 Å². The molecule has 0 aromatic heterocycles. The number of carbonyl (C=O) groups excluding carboxylic acids is 2. The quantitative estimate of drug-likeness (QED) is 0.540. The number of amides is 2. The summed E-state index contributed by atoms with van der Waals surface area (Å²) in [6.07, 6.45) is 6.81. The Morgan fingerprint density at radius 1 is 1.38 bits per heavy atom. The zero-order chi connectivity index (χ0) is 11.7. The molecule has 0 spiro atoms. The van der Waals surface area contributed by atoms with Gasteiger partial charge in [-0.25, -0.2) is 0 Å². The van der Waals surface area contributed by atoms with Crippen molar-refractivity contribution in [1.29, 1.82) is 0 Å². The van der Waals surface area contributed by atoms with E-state index in [4.69, 9.17) is 0 Å². The van der Waals surface area contributed by atoms with E-state index in [0.717, 1.165) is 19.3 Å². The molecule has 0 aromatic rings. The van der Waals surface area contributed by atoms with Crippen molar-refractivity contribution in [3.63, 3.8) is 0 Å². The molecule has 1 fully saturated rings. The summed E-state index contributed by atoms with van der Waals surface area (Å²) in [6, 6.07) is 0. The van der Waals surface area contributed by atoms with Gasteiger partial charge in [-0.2, -0.15) is 0 Å². The Morgan fingerprint density at radius 3 is 2.75 bits per heavy atom. The number of nitrogens with zero attached hydrogens (tertiary/aromatic N) is 1. The zero-order valence-corrected chi connectivity index (χ0v) is 9.98. The van der Waals surface area contributed by atoms with Gasteiger partial charge in [-0.3, -0.25) is 14.5 Å². The first kappa shape index (κ1) is 11.4. The molecule has 0 saturated carbocycles. The molecule has 0 N–H and O–H groups in total. The van der Waals surface area contributed by atoms with Crippen LogP contribution in [0.15, 0.2) is 12.2 Å². The minimum atomic E-state index is -0.173. The fourth-order valence-corrected chi connectivity index (χ4v) is 2.70. The van der Waals surface area contributed by atoms with Crippen LogP contribution in [-0.2, 0) is 9.59 Å². The molecule has 3 nitrogen and oxygen atoms in total. The van der Waals surface area contributed by atoms with Crippen LogP contribution < -0.4 is 0 Å². The van der Waals surface area contributed by atoms with E-state index in [1.807, 2.05) is 12.2 Å². The van der Waals surface area contributed by atoms with Crippen LogP contribution >= 0.6 is 0 Å². The van der Waals surface area contributed by atoms with E-state index < -0.39 is 0 Å². The maximum Gasteiger partial charge on any atom is 0.236 e. The van der Waals surface area contributed by atoms with E-state index in [9.17, 15) is 9.59 Å². The Labute approximate surface area is 96.5 Å². The molecule has 1 aliphatic heterocycles. The van der Waals surface area contributed by atoms with E-state index in [-0.39, 0.29) is 23.7 Å². The average Bonchev–Trinajstić information content (AvgIpc) is 2.51. The molecule has 0 bridgehead atoms. The van der Waals surface area contributed by atoms with Gasteiger partial charge in [0, 0.05) is 6.54 Å². The molecule has 0 aromatic carbocycles. The Bertz CT molecular complexity index is 335. The number of carbonyl (C=O) groups is 2. The van der Waals surface area contributed by atoms with Crippen molar-refractivity contribution < 1.29 is 9.59 Å². The summed E-state index contributed by atoms with van der Waals surface area (Å²) in [6.45, 7) is 4.73. The van der Waals surface area contributed by atoms with Crippen LogP contribution in [0.1, 0.15) is 33.1 Å². The monoisotopic (exact) mass is 221 g/mol. The summed E-state index contributed by atoms with van der Waals surface area (Å²) in [5, 5.41) is 0. The predicted octanol–water partition coefficient (Wildman–Crippen LogP) is 1.98. The summed E-state index contributed by atoms with van der Waals surface area (Å²) in [5.41, 5.74) is 0. The fraction of sp³-hybridized carbons (Fsp3) is 0.692. The zero-order valence-electron chi connectivity index (χ0n) is 9.98. The minimum absolute atomic E-state index is 0.0197. The van der Waals surface area contributed by atoms with Gasteiger partial charge < -0.3 is 0 Å². The number of hydrogen-bond donors (Lipinski definition) is 0. The van der Waals surface area contributed by atoms with Gasteiger partial charge in [0.25, 0.3) is 0 Å². The van der Waals surface area contributed by atoms with E-state index >= 15 is 0 Å². The highest BCUT2D eigenvalue weighted by molar-refractivity contribution is 6.06. The lowest BCUT2D eigenvalue weighted by Gasteiger charge is -2.22. The summed E-state index contributed by atoms with van der Waals surface area (Å²) < 4.78 is 0. The Hall–Kier alpha value is -1.12. The molecular formula is C13H19NO2. The third-order valence-corrected chi connectivity index (χ3v) is 3.69. The second-order valence-electron chi connectivity index (χ2n) is 4.87. The molecule has 2 amide bonds. The van der Waals surface area contributed by atoms with Crippen LogP contribution in [0.4, 0.5) is 0 Å². The number of allylic oxidation sites excluding steroid dienone is 1. The number of imide groups is 1. The molecule has 3 heteroatoms. The standard InChI is InChI=1S/C13H19NO2/c1-3-4-8-14-12(15)10-7-5-6-9(2)11(10)13(14)16/h5,7,9-11H,3-4,6,8H2,1-2H3. The van der Waals surface area contributed by atoms with Gasteiger partial charge in [-0.1, -0.05) is 32.4 Å². The smallest absolute Gasteiger partial charge is 0.236 e. The van der Waals surface area contributed by atoms with Gasteiger partial charge in [0.2, 0.25) is 11.8 Å². The molecule has 1 aliphatic carbocycles. The third kappa shape index (κ3) is 1.68. The molecular weight excluding hydrogens is 202 g/mol. The Morgan fingerprint density at radius 2 is 2.12 bits per heavy atom. The molecule has 88 valence electrons. The molecule has 1 saturated heterocycles. The molecule has 16 heavy (non-hydrogen) atoms. The van der Waals surface area contributed by atoms with E-state index in [1.165, 1.54) is 4.90 Å². The van der Waals surface area contributed by atoms with Gasteiger partial charge in [-0.15, -0.1) is 0 Å². The van der Waals surface area contributed by atoms with Crippen LogP contribution in [0.2, 0.25) is 0 Å². The molecule has 1 heterocycles. The Balaban J connectivity index is 2.18. The second kappa shape index (κ2) is 4.40. The van der Waals surface area contributed by atoms with Crippen molar-refractivity contribution in [2.24, 2.45) is 17.8 Å². The maximum absolute atomic E-state index is 12.1. The average molecular weight is 221 g/mol. The summed E-state index contributed by atoms with van der Waals surface area (Å²) >= 11 is 0. The van der Waals surface area contributed by atoms with Gasteiger partial charge >= 0.3 is 0 Å². The van der Waals surface area contributed by atoms with Gasteiger partial charge in [0.15, 0.2) is 0 Å². The van der Waals surface area contributed by atoms with Crippen molar-refractivity contribution in [2.75, 3.05) is 6.54 Å². The van der Waals surface area contributed by atoms with Crippen molar-refractivity contribution in [3.05, 3.63) is 12.2 Å². The predicted molar refractivity (Wildman–Crippen MR) is 61.5 cm³/mol. The highest BCUT2D eigenvalue weighted by Gasteiger charge is 2.48. The number of hydrogen-bond acceptors (Lipinski definition) is 2. The van der Waals surface area contributed by atoms with Gasteiger partial charge in [0.05, 0.1) is 11.8 Å². The number of fused-ring (bicyclic) bond motifs is 1. The van der Waals surface area contributed by atoms with Crippen LogP contribution in [0.25, 0.3) is 0 Å². The SMILES string of the molecule is CCCCN1C(=O)C2C=CCC(C)C2C1=O. The van der Waals surface area contributed by atoms with Crippen molar-refractivity contribution in [2.45, 2.75) is 33.1 Å². The highest BCUT2D eigenvalue weighted by atomic mass is 16.2. The summed E-state index contributed by atoms with van der Waals surface area (Å²) in [4.78, 5) is 25.7. The summed E-state index contributed by atoms with van der Waals surface area (Å²) in [5.74, 6) is 0.118. The molecule has 2 aliphatic rings. The number of rotatable bonds is 3. The largest absolute Gasteiger partial charge is 0.282 e. The molecule has 0 radical (unpaired) electrons. The first-order valence-electron chi connectivity index (χ1n) is 6.18. The van der Waals surface area contributed by atoms with E-state index in [1.54, 1.807) is 0 Å². The first-order chi connectivity index (χ1) is 7.66. The van der Waals surface area contributed by atoms with Crippen LogP contribution in [0.5, 0.6) is 0 Å². The fourth-order valence-electron chi connectivity index (χ4n) is 2.70. The van der Waals surface area contributed by atoms with Crippen LogP contribution in [0, 0.1) is 17.8 Å². The van der Waals surface area contributed by atoms with Crippen molar-refractivity contribution >= 4 is 11.8 Å². The molecule has 3 unspecified atom stereocenters. The highest BCUT2D eigenvalue weighted by Crippen LogP contribution is 2.38. The van der Waals surface area contributed by atoms with Crippen LogP contribution in [-0.4, -0.2) is 23.3 Å². The molecule has 3 atom stereocenters.